The van der Waals surface area contributed by atoms with Crippen LogP contribution < -0.4 is 4.74 Å². The van der Waals surface area contributed by atoms with E-state index in [1.807, 2.05) is 66.7 Å². The molecule has 2 heterocycles. The number of rotatable bonds is 4. The van der Waals surface area contributed by atoms with Gasteiger partial charge in [0, 0.05) is 11.8 Å². The first-order valence-electron chi connectivity index (χ1n) is 8.25. The standard InChI is InChI=1S/C22H16N2O2/c1-26-18-11-10-15-13-17(9-8-16(15)14-18)22(25)21-7-4-6-20(24-21)19-5-2-3-12-23-19/h2-14H,1H3. The van der Waals surface area contributed by atoms with Crippen molar-refractivity contribution in [2.24, 2.45) is 0 Å². The number of pyridine rings is 2. The predicted molar refractivity (Wildman–Crippen MR) is 101 cm³/mol. The van der Waals surface area contributed by atoms with Gasteiger partial charge in [0.25, 0.3) is 0 Å². The number of fused-ring (bicyclic) bond motifs is 1. The fraction of sp³-hybridized carbons (Fsp3) is 0.0455. The molecular weight excluding hydrogens is 324 g/mol. The number of hydrogen-bond acceptors (Lipinski definition) is 4. The van der Waals surface area contributed by atoms with E-state index in [4.69, 9.17) is 4.74 Å². The molecule has 126 valence electrons. The number of benzene rings is 2. The molecule has 0 spiro atoms. The molecule has 2 aromatic heterocycles. The molecule has 2 aromatic carbocycles. The van der Waals surface area contributed by atoms with E-state index in [2.05, 4.69) is 9.97 Å². The average molecular weight is 340 g/mol. The Balaban J connectivity index is 1.70. The number of methoxy groups -OCH3 is 1. The molecule has 0 saturated carbocycles. The first-order chi connectivity index (χ1) is 12.7. The summed E-state index contributed by atoms with van der Waals surface area (Å²) >= 11 is 0. The number of aromatic nitrogens is 2. The van der Waals surface area contributed by atoms with Crippen LogP contribution in [0.5, 0.6) is 5.75 Å². The number of ether oxygens (including phenoxy) is 1. The van der Waals surface area contributed by atoms with Crippen LogP contribution in [0.2, 0.25) is 0 Å². The number of carbonyl (C=O) groups excluding carboxylic acids is 1. The quantitative estimate of drug-likeness (QED) is 0.512. The van der Waals surface area contributed by atoms with Crippen molar-refractivity contribution in [3.63, 3.8) is 0 Å². The van der Waals surface area contributed by atoms with E-state index in [1.54, 1.807) is 19.4 Å². The molecule has 0 amide bonds. The van der Waals surface area contributed by atoms with Gasteiger partial charge in [0.05, 0.1) is 18.5 Å². The molecule has 0 aliphatic rings. The smallest absolute Gasteiger partial charge is 0.211 e. The predicted octanol–water partition coefficient (Wildman–Crippen LogP) is 4.54. The Hall–Kier alpha value is -3.53. The van der Waals surface area contributed by atoms with Crippen LogP contribution in [-0.4, -0.2) is 22.9 Å². The van der Waals surface area contributed by atoms with Gasteiger partial charge in [-0.1, -0.05) is 30.3 Å². The zero-order valence-electron chi connectivity index (χ0n) is 14.2. The summed E-state index contributed by atoms with van der Waals surface area (Å²) in [7, 11) is 1.64. The highest BCUT2D eigenvalue weighted by molar-refractivity contribution is 6.09. The molecule has 0 fully saturated rings. The summed E-state index contributed by atoms with van der Waals surface area (Å²) in [6, 6.07) is 22.4. The topological polar surface area (TPSA) is 52.1 Å². The van der Waals surface area contributed by atoms with Gasteiger partial charge in [0.15, 0.2) is 0 Å². The highest BCUT2D eigenvalue weighted by Gasteiger charge is 2.13. The highest BCUT2D eigenvalue weighted by atomic mass is 16.5. The van der Waals surface area contributed by atoms with Crippen molar-refractivity contribution in [3.8, 4) is 17.1 Å². The van der Waals surface area contributed by atoms with E-state index in [-0.39, 0.29) is 5.78 Å². The van der Waals surface area contributed by atoms with Gasteiger partial charge in [-0.05, 0) is 53.2 Å². The molecule has 0 aliphatic carbocycles. The minimum atomic E-state index is -0.111. The normalized spacial score (nSPS) is 10.7. The Bertz CT molecular complexity index is 1090. The molecule has 0 aliphatic heterocycles. The number of carbonyl (C=O) groups is 1. The average Bonchev–Trinajstić information content (AvgIpc) is 2.73. The van der Waals surface area contributed by atoms with Crippen LogP contribution in [0.15, 0.2) is 79.0 Å². The van der Waals surface area contributed by atoms with Gasteiger partial charge in [-0.25, -0.2) is 4.98 Å². The summed E-state index contributed by atoms with van der Waals surface area (Å²) in [6.07, 6.45) is 1.71. The fourth-order valence-corrected chi connectivity index (χ4v) is 2.86. The van der Waals surface area contributed by atoms with Gasteiger partial charge < -0.3 is 4.74 Å². The Labute approximate surface area is 151 Å². The highest BCUT2D eigenvalue weighted by Crippen LogP contribution is 2.23. The lowest BCUT2D eigenvalue weighted by Gasteiger charge is -2.06. The molecule has 0 atom stereocenters. The molecule has 0 N–H and O–H groups in total. The van der Waals surface area contributed by atoms with Gasteiger partial charge in [-0.3, -0.25) is 9.78 Å². The van der Waals surface area contributed by atoms with Crippen LogP contribution in [0.25, 0.3) is 22.2 Å². The van der Waals surface area contributed by atoms with Crippen LogP contribution >= 0.6 is 0 Å². The van der Waals surface area contributed by atoms with Crippen molar-refractivity contribution >= 4 is 16.6 Å². The van der Waals surface area contributed by atoms with Gasteiger partial charge in [-0.15, -0.1) is 0 Å². The van der Waals surface area contributed by atoms with Gasteiger partial charge >= 0.3 is 0 Å². The summed E-state index contributed by atoms with van der Waals surface area (Å²) in [5.41, 5.74) is 2.43. The molecular formula is C22H16N2O2. The maximum absolute atomic E-state index is 12.9. The second kappa shape index (κ2) is 6.76. The summed E-state index contributed by atoms with van der Waals surface area (Å²) in [5, 5.41) is 2.01. The molecule has 4 aromatic rings. The Kier molecular flexibility index (Phi) is 4.15. The summed E-state index contributed by atoms with van der Waals surface area (Å²) in [4.78, 5) is 21.7. The Morgan fingerprint density at radius 2 is 1.65 bits per heavy atom. The molecule has 4 nitrogen and oxygen atoms in total. The van der Waals surface area contributed by atoms with Gasteiger partial charge in [0.1, 0.15) is 11.4 Å². The monoisotopic (exact) mass is 340 g/mol. The SMILES string of the molecule is COc1ccc2cc(C(=O)c3cccc(-c4ccccn4)n3)ccc2c1. The lowest BCUT2D eigenvalue weighted by molar-refractivity contribution is 0.103. The van der Waals surface area contributed by atoms with E-state index >= 15 is 0 Å². The zero-order chi connectivity index (χ0) is 17.9. The third-order valence-corrected chi connectivity index (χ3v) is 4.22. The van der Waals surface area contributed by atoms with Crippen molar-refractivity contribution in [3.05, 3.63) is 90.3 Å². The van der Waals surface area contributed by atoms with Crippen molar-refractivity contribution in [2.45, 2.75) is 0 Å². The second-order valence-electron chi connectivity index (χ2n) is 5.88. The van der Waals surface area contributed by atoms with E-state index in [9.17, 15) is 4.79 Å². The first kappa shape index (κ1) is 16.0. The van der Waals surface area contributed by atoms with Crippen molar-refractivity contribution in [1.82, 2.24) is 9.97 Å². The number of nitrogens with zero attached hydrogens (tertiary/aromatic N) is 2. The number of ketones is 1. The minimum Gasteiger partial charge on any atom is -0.497 e. The largest absolute Gasteiger partial charge is 0.497 e. The maximum atomic E-state index is 12.9. The second-order valence-corrected chi connectivity index (χ2v) is 5.88. The van der Waals surface area contributed by atoms with Gasteiger partial charge in [0.2, 0.25) is 5.78 Å². The van der Waals surface area contributed by atoms with Crippen molar-refractivity contribution < 1.29 is 9.53 Å². The molecule has 26 heavy (non-hydrogen) atoms. The fourth-order valence-electron chi connectivity index (χ4n) is 2.86. The molecule has 0 bridgehead atoms. The first-order valence-corrected chi connectivity index (χ1v) is 8.25. The summed E-state index contributed by atoms with van der Waals surface area (Å²) in [5.74, 6) is 0.682. The summed E-state index contributed by atoms with van der Waals surface area (Å²) < 4.78 is 5.24. The van der Waals surface area contributed by atoms with Crippen LogP contribution in [0.1, 0.15) is 16.1 Å². The van der Waals surface area contributed by atoms with Crippen LogP contribution in [-0.2, 0) is 0 Å². The van der Waals surface area contributed by atoms with Crippen LogP contribution in [0.4, 0.5) is 0 Å². The lowest BCUT2D eigenvalue weighted by Crippen LogP contribution is -2.05. The van der Waals surface area contributed by atoms with E-state index in [0.29, 0.717) is 17.0 Å². The van der Waals surface area contributed by atoms with E-state index in [1.165, 1.54) is 0 Å². The van der Waals surface area contributed by atoms with E-state index < -0.39 is 0 Å². The molecule has 0 radical (unpaired) electrons. The summed E-state index contributed by atoms with van der Waals surface area (Å²) in [6.45, 7) is 0. The van der Waals surface area contributed by atoms with Crippen molar-refractivity contribution in [2.75, 3.05) is 7.11 Å². The van der Waals surface area contributed by atoms with Gasteiger partial charge in [-0.2, -0.15) is 0 Å². The molecule has 4 heteroatoms. The third kappa shape index (κ3) is 3.05. The van der Waals surface area contributed by atoms with Crippen molar-refractivity contribution in [1.29, 1.82) is 0 Å². The Morgan fingerprint density at radius 3 is 2.46 bits per heavy atom. The van der Waals surface area contributed by atoms with Crippen LogP contribution in [0.3, 0.4) is 0 Å². The molecule has 4 rings (SSSR count). The van der Waals surface area contributed by atoms with E-state index in [0.717, 1.165) is 22.2 Å². The number of hydrogen-bond donors (Lipinski definition) is 0. The third-order valence-electron chi connectivity index (χ3n) is 4.22. The Morgan fingerprint density at radius 1 is 0.846 bits per heavy atom. The lowest BCUT2D eigenvalue weighted by atomic mass is 10.0. The van der Waals surface area contributed by atoms with Crippen LogP contribution in [0, 0.1) is 0 Å². The maximum Gasteiger partial charge on any atom is 0.211 e. The molecule has 0 saturated heterocycles. The molecule has 0 unspecified atom stereocenters. The minimum absolute atomic E-state index is 0.111. The zero-order valence-corrected chi connectivity index (χ0v) is 14.2.